The number of anilines is 1. The molecule has 0 saturated carbocycles. The standard InChI is InChI=1S/C16H10Cl2N2O3S2/c17-10-1-5-12(6-2-10)20-15(21)14-16(24-9-19-14)25(22,23)13-7-3-11(18)4-8-13/h1-9H,(H,20,21). The lowest BCUT2D eigenvalue weighted by atomic mass is 10.3. The minimum Gasteiger partial charge on any atom is -0.321 e. The molecule has 9 heteroatoms. The number of amides is 1. The summed E-state index contributed by atoms with van der Waals surface area (Å²) in [6, 6.07) is 12.2. The number of hydrogen-bond donors (Lipinski definition) is 1. The average molecular weight is 413 g/mol. The molecule has 0 fully saturated rings. The number of aromatic nitrogens is 1. The summed E-state index contributed by atoms with van der Waals surface area (Å²) in [5.74, 6) is -0.615. The normalized spacial score (nSPS) is 11.3. The zero-order valence-corrected chi connectivity index (χ0v) is 15.6. The van der Waals surface area contributed by atoms with Crippen molar-refractivity contribution in [1.29, 1.82) is 0 Å². The second kappa shape index (κ2) is 7.13. The van der Waals surface area contributed by atoms with E-state index in [2.05, 4.69) is 10.3 Å². The number of hydrogen-bond acceptors (Lipinski definition) is 5. The second-order valence-electron chi connectivity index (χ2n) is 4.91. The number of halogens is 2. The first-order chi connectivity index (χ1) is 11.9. The predicted molar refractivity (Wildman–Crippen MR) is 98.4 cm³/mol. The molecular weight excluding hydrogens is 403 g/mol. The minimum absolute atomic E-state index is 0.0432. The second-order valence-corrected chi connectivity index (χ2v) is 8.78. The van der Waals surface area contributed by atoms with E-state index in [-0.39, 0.29) is 14.8 Å². The van der Waals surface area contributed by atoms with Gasteiger partial charge in [0.15, 0.2) is 9.90 Å². The van der Waals surface area contributed by atoms with Gasteiger partial charge in [0.25, 0.3) is 5.91 Å². The Morgan fingerprint density at radius 2 is 1.52 bits per heavy atom. The maximum absolute atomic E-state index is 12.8. The van der Waals surface area contributed by atoms with Gasteiger partial charge in [-0.3, -0.25) is 4.79 Å². The van der Waals surface area contributed by atoms with Crippen molar-refractivity contribution in [2.75, 3.05) is 5.32 Å². The van der Waals surface area contributed by atoms with Crippen LogP contribution in [0.1, 0.15) is 10.5 Å². The van der Waals surface area contributed by atoms with Crippen LogP contribution in [0.4, 0.5) is 5.69 Å². The molecule has 0 atom stereocenters. The van der Waals surface area contributed by atoms with E-state index >= 15 is 0 Å². The third-order valence-electron chi connectivity index (χ3n) is 3.22. The SMILES string of the molecule is O=C(Nc1ccc(Cl)cc1)c1ncsc1S(=O)(=O)c1ccc(Cl)cc1. The number of thiazole rings is 1. The van der Waals surface area contributed by atoms with E-state index in [4.69, 9.17) is 23.2 Å². The molecule has 25 heavy (non-hydrogen) atoms. The van der Waals surface area contributed by atoms with Gasteiger partial charge in [-0.1, -0.05) is 23.2 Å². The van der Waals surface area contributed by atoms with E-state index in [9.17, 15) is 13.2 Å². The van der Waals surface area contributed by atoms with Gasteiger partial charge < -0.3 is 5.32 Å². The van der Waals surface area contributed by atoms with Crippen LogP contribution in [0.3, 0.4) is 0 Å². The molecule has 1 aromatic heterocycles. The van der Waals surface area contributed by atoms with Crippen molar-refractivity contribution < 1.29 is 13.2 Å². The Bertz CT molecular complexity index is 1010. The van der Waals surface area contributed by atoms with Gasteiger partial charge in [-0.25, -0.2) is 13.4 Å². The first-order valence-corrected chi connectivity index (χ1v) is 10.0. The lowest BCUT2D eigenvalue weighted by Crippen LogP contribution is -2.16. The lowest BCUT2D eigenvalue weighted by Gasteiger charge is -2.06. The molecule has 0 spiro atoms. The van der Waals surface area contributed by atoms with Gasteiger partial charge >= 0.3 is 0 Å². The molecule has 0 unspecified atom stereocenters. The summed E-state index contributed by atoms with van der Waals surface area (Å²) in [5.41, 5.74) is 1.65. The first-order valence-electron chi connectivity index (χ1n) is 6.89. The number of carbonyl (C=O) groups is 1. The predicted octanol–water partition coefficient (Wildman–Crippen LogP) is 4.54. The van der Waals surface area contributed by atoms with Crippen molar-refractivity contribution >= 4 is 56.0 Å². The molecule has 0 bridgehead atoms. The fraction of sp³-hybridized carbons (Fsp3) is 0. The number of nitrogens with one attached hydrogen (secondary N) is 1. The Hall–Kier alpha value is -1.93. The molecule has 128 valence electrons. The highest BCUT2D eigenvalue weighted by atomic mass is 35.5. The zero-order valence-electron chi connectivity index (χ0n) is 12.4. The van der Waals surface area contributed by atoms with Gasteiger partial charge in [0.05, 0.1) is 10.4 Å². The van der Waals surface area contributed by atoms with Crippen LogP contribution >= 0.6 is 34.5 Å². The molecule has 0 radical (unpaired) electrons. The highest BCUT2D eigenvalue weighted by molar-refractivity contribution is 7.93. The minimum atomic E-state index is -3.87. The van der Waals surface area contributed by atoms with Gasteiger partial charge in [0.2, 0.25) is 9.84 Å². The average Bonchev–Trinajstić information content (AvgIpc) is 3.08. The Morgan fingerprint density at radius 1 is 0.960 bits per heavy atom. The van der Waals surface area contributed by atoms with Crippen molar-refractivity contribution in [3.05, 3.63) is 69.8 Å². The van der Waals surface area contributed by atoms with Crippen molar-refractivity contribution in [2.24, 2.45) is 0 Å². The van der Waals surface area contributed by atoms with E-state index in [0.29, 0.717) is 15.7 Å². The Kier molecular flexibility index (Phi) is 5.10. The Morgan fingerprint density at radius 3 is 2.12 bits per heavy atom. The summed E-state index contributed by atoms with van der Waals surface area (Å²) in [4.78, 5) is 16.4. The van der Waals surface area contributed by atoms with E-state index in [0.717, 1.165) is 11.3 Å². The van der Waals surface area contributed by atoms with Crippen molar-refractivity contribution in [1.82, 2.24) is 4.98 Å². The zero-order chi connectivity index (χ0) is 18.0. The Balaban J connectivity index is 1.93. The van der Waals surface area contributed by atoms with Crippen LogP contribution < -0.4 is 5.32 Å². The number of rotatable bonds is 4. The lowest BCUT2D eigenvalue weighted by molar-refractivity contribution is 0.102. The van der Waals surface area contributed by atoms with E-state index < -0.39 is 15.7 Å². The van der Waals surface area contributed by atoms with Gasteiger partial charge in [-0.15, -0.1) is 11.3 Å². The molecule has 0 aliphatic rings. The first kappa shape index (κ1) is 17.9. The van der Waals surface area contributed by atoms with Crippen LogP contribution in [0.2, 0.25) is 10.0 Å². The molecule has 3 aromatic rings. The number of benzene rings is 2. The van der Waals surface area contributed by atoms with E-state index in [1.54, 1.807) is 24.3 Å². The molecule has 5 nitrogen and oxygen atoms in total. The monoisotopic (exact) mass is 412 g/mol. The fourth-order valence-corrected chi connectivity index (χ4v) is 4.82. The van der Waals surface area contributed by atoms with Crippen LogP contribution in [0.5, 0.6) is 0 Å². The summed E-state index contributed by atoms with van der Waals surface area (Å²) >= 11 is 12.5. The Labute approximate surface area is 158 Å². The van der Waals surface area contributed by atoms with E-state index in [1.165, 1.54) is 29.8 Å². The van der Waals surface area contributed by atoms with E-state index in [1.807, 2.05) is 0 Å². The van der Waals surface area contributed by atoms with Crippen LogP contribution in [0.25, 0.3) is 0 Å². The van der Waals surface area contributed by atoms with Crippen LogP contribution in [0, 0.1) is 0 Å². The molecule has 1 heterocycles. The smallest absolute Gasteiger partial charge is 0.276 e. The molecule has 0 saturated heterocycles. The highest BCUT2D eigenvalue weighted by Crippen LogP contribution is 2.28. The highest BCUT2D eigenvalue weighted by Gasteiger charge is 2.27. The van der Waals surface area contributed by atoms with Gasteiger partial charge in [0.1, 0.15) is 0 Å². The summed E-state index contributed by atoms with van der Waals surface area (Å²) < 4.78 is 25.4. The van der Waals surface area contributed by atoms with Gasteiger partial charge in [-0.05, 0) is 48.5 Å². The molecule has 3 rings (SSSR count). The summed E-state index contributed by atoms with van der Waals surface area (Å²) in [6.07, 6.45) is 0. The largest absolute Gasteiger partial charge is 0.321 e. The third-order valence-corrected chi connectivity index (χ3v) is 6.86. The quantitative estimate of drug-likeness (QED) is 0.682. The molecule has 0 aliphatic carbocycles. The summed E-state index contributed by atoms with van der Waals surface area (Å²) in [6.45, 7) is 0. The molecule has 1 N–H and O–H groups in total. The molecule has 2 aromatic carbocycles. The molecule has 1 amide bonds. The summed E-state index contributed by atoms with van der Waals surface area (Å²) in [7, 11) is -3.87. The summed E-state index contributed by atoms with van der Waals surface area (Å²) in [5, 5.41) is 3.55. The molecule has 0 aliphatic heterocycles. The van der Waals surface area contributed by atoms with Crippen molar-refractivity contribution in [3.63, 3.8) is 0 Å². The topological polar surface area (TPSA) is 76.1 Å². The van der Waals surface area contributed by atoms with Crippen LogP contribution in [-0.4, -0.2) is 19.3 Å². The third kappa shape index (κ3) is 3.85. The number of sulfone groups is 1. The maximum atomic E-state index is 12.8. The molecular formula is C16H10Cl2N2O3S2. The van der Waals surface area contributed by atoms with Crippen LogP contribution in [0.15, 0.2) is 63.1 Å². The van der Waals surface area contributed by atoms with Crippen LogP contribution in [-0.2, 0) is 9.84 Å². The number of carbonyl (C=O) groups excluding carboxylic acids is 1. The van der Waals surface area contributed by atoms with Gasteiger partial charge in [-0.2, -0.15) is 0 Å². The van der Waals surface area contributed by atoms with Crippen molar-refractivity contribution in [2.45, 2.75) is 9.10 Å². The fourth-order valence-electron chi connectivity index (χ4n) is 2.02. The van der Waals surface area contributed by atoms with Crippen molar-refractivity contribution in [3.8, 4) is 0 Å². The van der Waals surface area contributed by atoms with Gasteiger partial charge in [0, 0.05) is 15.7 Å². The maximum Gasteiger partial charge on any atom is 0.276 e. The number of nitrogens with zero attached hydrogens (tertiary/aromatic N) is 1.